The Hall–Kier alpha value is -1.12. The molecule has 109 heavy (non-hydrogen) atoms. The second-order valence-corrected chi connectivity index (χ2v) is 28.2. The molecule has 12 N–H and O–H groups in total. The van der Waals surface area contributed by atoms with Crippen LogP contribution in [0.2, 0.25) is 0 Å². The molecule has 14 unspecified atom stereocenters. The molecule has 1 rings (SSSR count). The molecule has 0 aromatic heterocycles. The summed E-state index contributed by atoms with van der Waals surface area (Å²) in [5.41, 5.74) is 0. The van der Waals surface area contributed by atoms with E-state index in [1.165, 1.54) is 186 Å². The summed E-state index contributed by atoms with van der Waals surface area (Å²) in [7, 11) is 0. The molecule has 0 aromatic rings. The van der Waals surface area contributed by atoms with Crippen molar-refractivity contribution >= 4 is 0 Å². The Kier molecular flexibility index (Phi) is 90.2. The van der Waals surface area contributed by atoms with Gasteiger partial charge in [0.1, 0.15) is 73.2 Å². The highest BCUT2D eigenvalue weighted by atomic mass is 16.7. The Morgan fingerprint density at radius 3 is 0.716 bits per heavy atom. The fourth-order valence-electron chi connectivity index (χ4n) is 10.8. The van der Waals surface area contributed by atoms with E-state index in [9.17, 15) is 56.2 Å². The van der Waals surface area contributed by atoms with Crippen molar-refractivity contribution < 1.29 is 137 Å². The highest BCUT2D eigenvalue weighted by molar-refractivity contribution is 4.70. The zero-order chi connectivity index (χ0) is 79.8. The van der Waals surface area contributed by atoms with Gasteiger partial charge in [-0.3, -0.25) is 0 Å². The van der Waals surface area contributed by atoms with Crippen LogP contribution in [0.5, 0.6) is 0 Å². The Labute approximate surface area is 659 Å². The van der Waals surface area contributed by atoms with Crippen LogP contribution in [0.3, 0.4) is 0 Å². The first-order chi connectivity index (χ1) is 52.7. The van der Waals surface area contributed by atoms with Gasteiger partial charge in [0, 0.05) is 26.4 Å². The zero-order valence-corrected chi connectivity index (χ0v) is 68.4. The maximum Gasteiger partial charge on any atom is 0.154 e. The van der Waals surface area contributed by atoms with Crippen LogP contribution in [0.1, 0.15) is 254 Å². The Balaban J connectivity index is -0.00000228. The molecule has 1 aliphatic rings. The predicted molar refractivity (Wildman–Crippen MR) is 422 cm³/mol. The van der Waals surface area contributed by atoms with Gasteiger partial charge >= 0.3 is 0 Å². The van der Waals surface area contributed by atoms with Crippen LogP contribution in [0.4, 0.5) is 0 Å². The van der Waals surface area contributed by atoms with E-state index in [0.717, 1.165) is 32.5 Å². The lowest BCUT2D eigenvalue weighted by molar-refractivity contribution is -0.149. The lowest BCUT2D eigenvalue weighted by atomic mass is 10.0. The predicted octanol–water partition coefficient (Wildman–Crippen LogP) is 8.46. The molecular formula is C81H168O28. The number of aliphatic hydroxyl groups excluding tert-OH is 12. The molecule has 660 valence electrons. The molecule has 0 amide bonds. The highest BCUT2D eigenvalue weighted by Crippen LogP contribution is 2.18. The van der Waals surface area contributed by atoms with Gasteiger partial charge in [-0.05, 0) is 40.5 Å². The number of epoxide rings is 1. The number of hydrogen-bond donors (Lipinski definition) is 12. The molecular weight excluding hydrogens is 1420 g/mol. The molecule has 0 aromatic carbocycles. The van der Waals surface area contributed by atoms with Crippen molar-refractivity contribution in [3.8, 4) is 0 Å². The molecule has 0 radical (unpaired) electrons. The second kappa shape index (κ2) is 87.7. The largest absolute Gasteiger partial charge is 0.394 e. The summed E-state index contributed by atoms with van der Waals surface area (Å²) in [6.45, 7) is 11.3. The maximum atomic E-state index is 9.88. The fraction of sp³-hybridized carbons (Fsp3) is 1.00. The van der Waals surface area contributed by atoms with Gasteiger partial charge in [-0.15, -0.1) is 0 Å². The first kappa shape index (κ1) is 112. The summed E-state index contributed by atoms with van der Waals surface area (Å²) in [6, 6.07) is 0. The van der Waals surface area contributed by atoms with Gasteiger partial charge in [0.05, 0.1) is 159 Å². The van der Waals surface area contributed by atoms with E-state index in [4.69, 9.17) is 80.9 Å². The maximum absolute atomic E-state index is 9.88. The standard InChI is InChI=1S/C48H98O21.C25H52O4.C7H14O3.CH4/c1-2-3-4-5-6-7-8-9-10-11-12-13-14-15-16-17-18-60-30-40(20-50)62-32-42(22-52)64-34-44(24-54)66-36-46(26-56)68-38-48(28-58)69-37-47(27-57)67-35-45(25-55)65-33-43(23-53)63-31-41(21-51)61-29-39(59)19-49;1-4-6-7-8-9-10-11-12-13-14-15-16-17-18-19-20-21-27-22-25(26)23-29-24(3)28-5-2;1-3-8-6(2)9-4-7-5-10-7;/h39-59H,2-38H2,1H3;24-26H,4-23H2,1-3H3;6-7H,3-5H2,1-2H3;1H4. The third-order valence-electron chi connectivity index (χ3n) is 17.9. The Bertz CT molecular complexity index is 1710. The molecule has 1 saturated heterocycles. The fourth-order valence-corrected chi connectivity index (χ4v) is 10.8. The van der Waals surface area contributed by atoms with Gasteiger partial charge in [0.25, 0.3) is 0 Å². The number of aliphatic hydroxyl groups is 12. The van der Waals surface area contributed by atoms with E-state index < -0.39 is 120 Å². The second-order valence-electron chi connectivity index (χ2n) is 28.2. The minimum atomic E-state index is -1.12. The smallest absolute Gasteiger partial charge is 0.154 e. The third kappa shape index (κ3) is 77.9. The van der Waals surface area contributed by atoms with Crippen LogP contribution < -0.4 is 0 Å². The van der Waals surface area contributed by atoms with E-state index in [1.807, 2.05) is 27.7 Å². The zero-order valence-electron chi connectivity index (χ0n) is 68.4. The van der Waals surface area contributed by atoms with Crippen molar-refractivity contribution in [3.05, 3.63) is 0 Å². The number of hydrogen-bond acceptors (Lipinski definition) is 28. The van der Waals surface area contributed by atoms with Gasteiger partial charge in [-0.2, -0.15) is 0 Å². The number of unbranched alkanes of at least 4 members (excludes halogenated alkanes) is 30. The molecule has 0 aliphatic carbocycles. The van der Waals surface area contributed by atoms with E-state index in [1.54, 1.807) is 0 Å². The van der Waals surface area contributed by atoms with Crippen LogP contribution in [0, 0.1) is 0 Å². The SMILES string of the molecule is C.CCCCCCCCCCCCCCCCCCOCC(CO)OCC(CO)OCC(CO)OCC(CO)OCC(CO)OCC(CO)OCC(CO)OCC(CO)OCC(CO)OCC(O)CO.CCCCCCCCCCCCCCCCCCOCC(O)COC(C)OCC.CCOC(C)OCC1CO1. The molecule has 28 nitrogen and oxygen atoms in total. The van der Waals surface area contributed by atoms with Crippen molar-refractivity contribution in [1.82, 2.24) is 0 Å². The van der Waals surface area contributed by atoms with Gasteiger partial charge in [-0.25, -0.2) is 0 Å². The van der Waals surface area contributed by atoms with Gasteiger partial charge < -0.3 is 137 Å². The average Bonchev–Trinajstić information content (AvgIpc) is 1.85. The Morgan fingerprint density at radius 1 is 0.257 bits per heavy atom. The summed E-state index contributed by atoms with van der Waals surface area (Å²) < 4.78 is 87.7. The normalized spacial score (nSPS) is 16.5. The minimum absolute atomic E-state index is 0. The average molecular weight is 1590 g/mol. The summed E-state index contributed by atoms with van der Waals surface area (Å²) in [6.07, 6.45) is 33.6. The summed E-state index contributed by atoms with van der Waals surface area (Å²) in [5.74, 6) is 0. The van der Waals surface area contributed by atoms with Crippen molar-refractivity contribution in [2.45, 2.75) is 340 Å². The highest BCUT2D eigenvalue weighted by Gasteiger charge is 2.25. The molecule has 28 heteroatoms. The van der Waals surface area contributed by atoms with Crippen LogP contribution >= 0.6 is 0 Å². The minimum Gasteiger partial charge on any atom is -0.394 e. The van der Waals surface area contributed by atoms with E-state index in [-0.39, 0.29) is 106 Å². The topological polar surface area (TPSA) is 394 Å². The van der Waals surface area contributed by atoms with Gasteiger partial charge in [-0.1, -0.05) is 214 Å². The van der Waals surface area contributed by atoms with Crippen molar-refractivity contribution in [2.24, 2.45) is 0 Å². The van der Waals surface area contributed by atoms with Gasteiger partial charge in [0.2, 0.25) is 0 Å². The lowest BCUT2D eigenvalue weighted by Crippen LogP contribution is -2.38. The quantitative estimate of drug-likeness (QED) is 0.0154. The van der Waals surface area contributed by atoms with E-state index >= 15 is 0 Å². The first-order valence-corrected chi connectivity index (χ1v) is 42.0. The number of ether oxygens (including phenoxy) is 16. The first-order valence-electron chi connectivity index (χ1n) is 42.0. The molecule has 1 aliphatic heterocycles. The Morgan fingerprint density at radius 2 is 0.477 bits per heavy atom. The summed E-state index contributed by atoms with van der Waals surface area (Å²) >= 11 is 0. The van der Waals surface area contributed by atoms with Crippen molar-refractivity contribution in [1.29, 1.82) is 0 Å². The van der Waals surface area contributed by atoms with Crippen LogP contribution in [-0.2, 0) is 75.8 Å². The van der Waals surface area contributed by atoms with Crippen molar-refractivity contribution in [3.63, 3.8) is 0 Å². The molecule has 0 bridgehead atoms. The van der Waals surface area contributed by atoms with Gasteiger partial charge in [0.15, 0.2) is 12.6 Å². The molecule has 0 saturated carbocycles. The van der Waals surface area contributed by atoms with Crippen LogP contribution in [-0.4, -0.2) is 332 Å². The number of rotatable bonds is 85. The molecule has 1 heterocycles. The van der Waals surface area contributed by atoms with Crippen LogP contribution in [0.25, 0.3) is 0 Å². The monoisotopic (exact) mass is 1590 g/mol. The van der Waals surface area contributed by atoms with E-state index in [0.29, 0.717) is 39.1 Å². The molecule has 14 atom stereocenters. The summed E-state index contributed by atoms with van der Waals surface area (Å²) in [4.78, 5) is 0. The van der Waals surface area contributed by atoms with Crippen LogP contribution in [0.15, 0.2) is 0 Å². The summed E-state index contributed by atoms with van der Waals surface area (Å²) in [5, 5.41) is 116. The molecule has 0 spiro atoms. The van der Waals surface area contributed by atoms with Crippen molar-refractivity contribution in [2.75, 3.05) is 185 Å². The third-order valence-corrected chi connectivity index (χ3v) is 17.9. The lowest BCUT2D eigenvalue weighted by Gasteiger charge is -2.26. The molecule has 1 fully saturated rings. The van der Waals surface area contributed by atoms with E-state index in [2.05, 4.69) is 13.8 Å².